The molecule has 27 heavy (non-hydrogen) atoms. The van der Waals surface area contributed by atoms with Gasteiger partial charge in [-0.1, -0.05) is 15.9 Å². The van der Waals surface area contributed by atoms with E-state index in [1.165, 1.54) is 28.8 Å². The van der Waals surface area contributed by atoms with Gasteiger partial charge in [0.2, 0.25) is 0 Å². The highest BCUT2D eigenvalue weighted by Gasteiger charge is 2.32. The molecule has 0 spiro atoms. The molecule has 0 bridgehead atoms. The number of hydrogen-bond acceptors (Lipinski definition) is 5. The minimum Gasteiger partial charge on any atom is -0.507 e. The van der Waals surface area contributed by atoms with Crippen molar-refractivity contribution in [1.82, 2.24) is 4.90 Å². The fraction of sp³-hybridized carbons (Fsp3) is 0.105. The zero-order valence-corrected chi connectivity index (χ0v) is 16.6. The summed E-state index contributed by atoms with van der Waals surface area (Å²) in [6.07, 6.45) is 1.63. The molecule has 6 nitrogen and oxygen atoms in total. The first-order valence-corrected chi connectivity index (χ1v) is 9.62. The Labute approximate surface area is 168 Å². The maximum absolute atomic E-state index is 12.7. The predicted octanol–water partition coefficient (Wildman–Crippen LogP) is 4.48. The van der Waals surface area contributed by atoms with Crippen molar-refractivity contribution >= 4 is 56.5 Å². The van der Waals surface area contributed by atoms with E-state index < -0.39 is 5.97 Å². The van der Waals surface area contributed by atoms with Gasteiger partial charge in [0.1, 0.15) is 5.75 Å². The number of amides is 1. The molecule has 1 aliphatic rings. The van der Waals surface area contributed by atoms with Gasteiger partial charge in [-0.3, -0.25) is 9.69 Å². The average Bonchev–Trinajstić information content (AvgIpc) is 2.93. The van der Waals surface area contributed by atoms with Crippen molar-refractivity contribution in [1.29, 1.82) is 0 Å². The first-order valence-electron chi connectivity index (χ1n) is 8.01. The van der Waals surface area contributed by atoms with E-state index in [4.69, 9.17) is 5.11 Å². The Bertz CT molecular complexity index is 970. The minimum atomic E-state index is -1.01. The van der Waals surface area contributed by atoms with Crippen LogP contribution in [-0.2, 0) is 4.79 Å². The SMILES string of the molecule is CCN1C(=O)/C(=C\c2cc(Br)ccc2O)SC1=Nc1ccc(C(=O)O)cc1. The summed E-state index contributed by atoms with van der Waals surface area (Å²) in [5.74, 6) is -1.12. The Morgan fingerprint density at radius 3 is 2.59 bits per heavy atom. The van der Waals surface area contributed by atoms with E-state index in [1.54, 1.807) is 36.4 Å². The van der Waals surface area contributed by atoms with E-state index in [-0.39, 0.29) is 17.2 Å². The Morgan fingerprint density at radius 2 is 1.96 bits per heavy atom. The van der Waals surface area contributed by atoms with Crippen LogP contribution < -0.4 is 0 Å². The number of carbonyl (C=O) groups excluding carboxylic acids is 1. The van der Waals surface area contributed by atoms with Gasteiger partial charge >= 0.3 is 5.97 Å². The van der Waals surface area contributed by atoms with Gasteiger partial charge in [0.05, 0.1) is 16.2 Å². The van der Waals surface area contributed by atoms with Crippen molar-refractivity contribution in [2.45, 2.75) is 6.92 Å². The van der Waals surface area contributed by atoms with E-state index in [9.17, 15) is 14.7 Å². The van der Waals surface area contributed by atoms with E-state index in [2.05, 4.69) is 20.9 Å². The lowest BCUT2D eigenvalue weighted by Gasteiger charge is -2.12. The lowest BCUT2D eigenvalue weighted by molar-refractivity contribution is -0.122. The number of nitrogens with zero attached hydrogens (tertiary/aromatic N) is 2. The number of likely N-dealkylation sites (N-methyl/N-ethyl adjacent to an activating group) is 1. The van der Waals surface area contributed by atoms with Gasteiger partial charge in [-0.05, 0) is 67.2 Å². The van der Waals surface area contributed by atoms with Gasteiger partial charge in [0.15, 0.2) is 5.17 Å². The number of aromatic carboxylic acids is 1. The summed E-state index contributed by atoms with van der Waals surface area (Å²) in [4.78, 5) is 30.1. The molecule has 1 fully saturated rings. The largest absolute Gasteiger partial charge is 0.507 e. The highest BCUT2D eigenvalue weighted by atomic mass is 79.9. The number of amidine groups is 1. The number of phenols is 1. The van der Waals surface area contributed by atoms with Crippen molar-refractivity contribution in [2.75, 3.05) is 6.54 Å². The molecular formula is C19H15BrN2O4S. The molecule has 1 amide bonds. The molecule has 0 aliphatic carbocycles. The average molecular weight is 447 g/mol. The van der Waals surface area contributed by atoms with E-state index in [1.807, 2.05) is 6.92 Å². The highest BCUT2D eigenvalue weighted by molar-refractivity contribution is 9.10. The van der Waals surface area contributed by atoms with Crippen LogP contribution in [0.4, 0.5) is 5.69 Å². The summed E-state index contributed by atoms with van der Waals surface area (Å²) in [6.45, 7) is 2.29. The van der Waals surface area contributed by atoms with E-state index in [0.717, 1.165) is 4.47 Å². The van der Waals surface area contributed by atoms with Crippen molar-refractivity contribution in [3.05, 3.63) is 63.0 Å². The van der Waals surface area contributed by atoms with Crippen LogP contribution in [0.25, 0.3) is 6.08 Å². The molecule has 0 atom stereocenters. The van der Waals surface area contributed by atoms with Crippen molar-refractivity contribution < 1.29 is 19.8 Å². The van der Waals surface area contributed by atoms with Crippen LogP contribution in [0, 0.1) is 0 Å². The number of benzene rings is 2. The molecule has 0 saturated carbocycles. The number of halogens is 1. The Morgan fingerprint density at radius 1 is 1.26 bits per heavy atom. The summed E-state index contributed by atoms with van der Waals surface area (Å²) in [5.41, 5.74) is 1.26. The van der Waals surface area contributed by atoms with Crippen LogP contribution in [-0.4, -0.2) is 38.7 Å². The van der Waals surface area contributed by atoms with Gasteiger partial charge in [-0.2, -0.15) is 0 Å². The third-order valence-electron chi connectivity index (χ3n) is 3.82. The van der Waals surface area contributed by atoms with Gasteiger partial charge < -0.3 is 10.2 Å². The quantitative estimate of drug-likeness (QED) is 0.675. The fourth-order valence-corrected chi connectivity index (χ4v) is 3.87. The molecule has 8 heteroatoms. The number of phenolic OH excluding ortho intramolecular Hbond substituents is 1. The van der Waals surface area contributed by atoms with Crippen LogP contribution in [0.2, 0.25) is 0 Å². The molecule has 0 unspecified atom stereocenters. The zero-order valence-electron chi connectivity index (χ0n) is 14.2. The molecule has 3 rings (SSSR count). The van der Waals surface area contributed by atoms with Crippen molar-refractivity contribution in [3.63, 3.8) is 0 Å². The lowest BCUT2D eigenvalue weighted by atomic mass is 10.2. The van der Waals surface area contributed by atoms with Crippen LogP contribution in [0.1, 0.15) is 22.8 Å². The molecule has 2 N–H and O–H groups in total. The van der Waals surface area contributed by atoms with Crippen LogP contribution in [0.3, 0.4) is 0 Å². The van der Waals surface area contributed by atoms with E-state index >= 15 is 0 Å². The van der Waals surface area contributed by atoms with E-state index in [0.29, 0.717) is 27.9 Å². The number of thioether (sulfide) groups is 1. The second-order valence-electron chi connectivity index (χ2n) is 5.61. The van der Waals surface area contributed by atoms with Crippen molar-refractivity contribution in [3.8, 4) is 5.75 Å². The number of aromatic hydroxyl groups is 1. The first kappa shape index (κ1) is 19.2. The topological polar surface area (TPSA) is 90.2 Å². The van der Waals surface area contributed by atoms with Crippen molar-refractivity contribution in [2.24, 2.45) is 4.99 Å². The molecule has 0 aromatic heterocycles. The number of hydrogen-bond donors (Lipinski definition) is 2. The number of aliphatic imine (C=N–C) groups is 1. The summed E-state index contributed by atoms with van der Waals surface area (Å²) in [5, 5.41) is 19.5. The minimum absolute atomic E-state index is 0.0804. The molecular weight excluding hydrogens is 432 g/mol. The standard InChI is InChI=1S/C19H15BrN2O4S/c1-2-22-17(24)16(10-12-9-13(20)5-8-15(12)23)27-19(22)21-14-6-3-11(4-7-14)18(25)26/h3-10,23H,2H2,1H3,(H,25,26)/b16-10+,21-19?. The summed E-state index contributed by atoms with van der Waals surface area (Å²) in [7, 11) is 0. The number of rotatable bonds is 4. The third kappa shape index (κ3) is 4.23. The summed E-state index contributed by atoms with van der Waals surface area (Å²) < 4.78 is 0.794. The Balaban J connectivity index is 1.93. The monoisotopic (exact) mass is 446 g/mol. The lowest BCUT2D eigenvalue weighted by Crippen LogP contribution is -2.28. The second kappa shape index (κ2) is 7.98. The molecule has 1 heterocycles. The number of carbonyl (C=O) groups is 2. The number of carboxylic acid groups (broad SMARTS) is 1. The van der Waals surface area contributed by atoms with Gasteiger partial charge in [-0.15, -0.1) is 0 Å². The Hall–Kier alpha value is -2.58. The summed E-state index contributed by atoms with van der Waals surface area (Å²) in [6, 6.07) is 11.1. The third-order valence-corrected chi connectivity index (χ3v) is 5.32. The predicted molar refractivity (Wildman–Crippen MR) is 109 cm³/mol. The zero-order chi connectivity index (χ0) is 19.6. The van der Waals surface area contributed by atoms with Crippen LogP contribution in [0.5, 0.6) is 5.75 Å². The van der Waals surface area contributed by atoms with Gasteiger partial charge in [0, 0.05) is 16.6 Å². The highest BCUT2D eigenvalue weighted by Crippen LogP contribution is 2.35. The molecule has 138 valence electrons. The van der Waals surface area contributed by atoms with Gasteiger partial charge in [0.25, 0.3) is 5.91 Å². The van der Waals surface area contributed by atoms with Crippen LogP contribution in [0.15, 0.2) is 56.8 Å². The first-order chi connectivity index (χ1) is 12.9. The smallest absolute Gasteiger partial charge is 0.335 e. The molecule has 1 aliphatic heterocycles. The second-order valence-corrected chi connectivity index (χ2v) is 7.53. The number of carboxylic acids is 1. The molecule has 1 saturated heterocycles. The normalized spacial score (nSPS) is 17.1. The molecule has 2 aromatic rings. The Kier molecular flexibility index (Phi) is 5.67. The molecule has 0 radical (unpaired) electrons. The summed E-state index contributed by atoms with van der Waals surface area (Å²) >= 11 is 4.56. The van der Waals surface area contributed by atoms with Crippen LogP contribution >= 0.6 is 27.7 Å². The van der Waals surface area contributed by atoms with Gasteiger partial charge in [-0.25, -0.2) is 9.79 Å². The molecule has 2 aromatic carbocycles. The maximum Gasteiger partial charge on any atom is 0.335 e. The maximum atomic E-state index is 12.7. The fourth-order valence-electron chi connectivity index (χ4n) is 2.44.